The van der Waals surface area contributed by atoms with Gasteiger partial charge in [0.15, 0.2) is 10.9 Å². The van der Waals surface area contributed by atoms with Gasteiger partial charge in [0, 0.05) is 4.88 Å². The molecular formula is C20H23BrFN2O4PS. The van der Waals surface area contributed by atoms with Gasteiger partial charge in [-0.25, -0.2) is 9.37 Å². The first-order chi connectivity index (χ1) is 14.1. The summed E-state index contributed by atoms with van der Waals surface area (Å²) in [6.07, 6.45) is 1.75. The van der Waals surface area contributed by atoms with E-state index in [0.717, 1.165) is 4.88 Å². The molecule has 0 amide bonds. The summed E-state index contributed by atoms with van der Waals surface area (Å²) in [5.41, 5.74) is 6.94. The molecule has 0 bridgehead atoms. The van der Waals surface area contributed by atoms with Gasteiger partial charge in [-0.05, 0) is 58.5 Å². The minimum absolute atomic E-state index is 0.0254. The lowest BCUT2D eigenvalue weighted by atomic mass is 10.1. The Morgan fingerprint density at radius 2 is 2.13 bits per heavy atom. The van der Waals surface area contributed by atoms with Crippen LogP contribution in [0.4, 0.5) is 9.52 Å². The Morgan fingerprint density at radius 1 is 1.40 bits per heavy atom. The topological polar surface area (TPSA) is 98.6 Å². The number of thiazole rings is 1. The zero-order valence-electron chi connectivity index (χ0n) is 16.8. The van der Waals surface area contributed by atoms with Crippen molar-refractivity contribution in [2.45, 2.75) is 39.7 Å². The molecule has 2 heterocycles. The maximum atomic E-state index is 13.6. The molecule has 3 rings (SSSR count). The number of halogens is 2. The van der Waals surface area contributed by atoms with Gasteiger partial charge in [0.1, 0.15) is 16.8 Å². The van der Waals surface area contributed by atoms with Crippen LogP contribution in [0.3, 0.4) is 0 Å². The summed E-state index contributed by atoms with van der Waals surface area (Å²) in [5, 5.41) is 0.386. The summed E-state index contributed by atoms with van der Waals surface area (Å²) in [7, 11) is -4.29. The molecule has 6 nitrogen and oxygen atoms in total. The van der Waals surface area contributed by atoms with Gasteiger partial charge >= 0.3 is 7.60 Å². The number of nitrogens with two attached hydrogens (primary N) is 1. The smallest absolute Gasteiger partial charge is 0.363 e. The fourth-order valence-corrected chi connectivity index (χ4v) is 5.90. The van der Waals surface area contributed by atoms with Crippen LogP contribution < -0.4 is 11.0 Å². The minimum Gasteiger partial charge on any atom is -0.462 e. The SMILES string of the molecule is CCC(OP(=O)(O)c1ccoc1-c1nc(N)sc1CC(C)C)c1ccc(F)c(Br)c1. The third kappa shape index (κ3) is 5.03. The highest BCUT2D eigenvalue weighted by Crippen LogP contribution is 2.50. The number of hydrogen-bond donors (Lipinski definition) is 2. The molecule has 162 valence electrons. The van der Waals surface area contributed by atoms with Crippen molar-refractivity contribution in [3.05, 3.63) is 51.3 Å². The molecule has 0 aliphatic carbocycles. The summed E-state index contributed by atoms with van der Waals surface area (Å²) in [4.78, 5) is 16.0. The number of aromatic nitrogens is 1. The minimum atomic E-state index is -4.29. The molecule has 0 saturated heterocycles. The summed E-state index contributed by atoms with van der Waals surface area (Å²) >= 11 is 4.47. The first kappa shape index (κ1) is 23.2. The number of nitrogens with zero attached hydrogens (tertiary/aromatic N) is 1. The number of anilines is 1. The molecule has 0 radical (unpaired) electrons. The molecular weight excluding hydrogens is 494 g/mol. The third-order valence-electron chi connectivity index (χ3n) is 4.43. The Hall–Kier alpha value is -1.51. The highest BCUT2D eigenvalue weighted by atomic mass is 79.9. The van der Waals surface area contributed by atoms with Gasteiger partial charge in [-0.3, -0.25) is 9.09 Å². The van der Waals surface area contributed by atoms with Crippen LogP contribution in [0.1, 0.15) is 43.7 Å². The van der Waals surface area contributed by atoms with Crippen molar-refractivity contribution in [2.75, 3.05) is 5.73 Å². The second-order valence-electron chi connectivity index (χ2n) is 7.25. The largest absolute Gasteiger partial charge is 0.462 e. The highest BCUT2D eigenvalue weighted by molar-refractivity contribution is 9.10. The van der Waals surface area contributed by atoms with E-state index in [2.05, 4.69) is 34.8 Å². The van der Waals surface area contributed by atoms with Crippen molar-refractivity contribution >= 4 is 45.3 Å². The van der Waals surface area contributed by atoms with E-state index in [1.54, 1.807) is 6.07 Å². The highest BCUT2D eigenvalue weighted by Gasteiger charge is 2.34. The van der Waals surface area contributed by atoms with Crippen LogP contribution in [0, 0.1) is 11.7 Å². The monoisotopic (exact) mass is 516 g/mol. The van der Waals surface area contributed by atoms with Gasteiger partial charge in [-0.15, -0.1) is 11.3 Å². The van der Waals surface area contributed by atoms with Gasteiger partial charge in [0.25, 0.3) is 0 Å². The molecule has 0 fully saturated rings. The lowest BCUT2D eigenvalue weighted by Gasteiger charge is -2.21. The Kier molecular flexibility index (Phi) is 7.20. The van der Waals surface area contributed by atoms with Crippen molar-refractivity contribution in [2.24, 2.45) is 5.92 Å². The molecule has 1 aromatic carbocycles. The zero-order valence-corrected chi connectivity index (χ0v) is 20.1. The van der Waals surface area contributed by atoms with E-state index < -0.39 is 19.5 Å². The lowest BCUT2D eigenvalue weighted by Crippen LogP contribution is -2.12. The number of nitrogen functional groups attached to an aromatic ring is 1. The van der Waals surface area contributed by atoms with E-state index in [4.69, 9.17) is 14.7 Å². The molecule has 30 heavy (non-hydrogen) atoms. The first-order valence-electron chi connectivity index (χ1n) is 9.42. The number of furan rings is 1. The van der Waals surface area contributed by atoms with Crippen LogP contribution in [-0.4, -0.2) is 9.88 Å². The average Bonchev–Trinajstić information content (AvgIpc) is 3.28. The van der Waals surface area contributed by atoms with Crippen LogP contribution in [0.2, 0.25) is 0 Å². The number of hydrogen-bond acceptors (Lipinski definition) is 6. The van der Waals surface area contributed by atoms with Crippen molar-refractivity contribution in [1.29, 1.82) is 0 Å². The van der Waals surface area contributed by atoms with Gasteiger partial charge in [-0.1, -0.05) is 26.8 Å². The standard InChI is InChI=1S/C20H23BrFN2O4PS/c1-4-15(12-5-6-14(22)13(21)10-12)28-29(25,26)16-7-8-27-19(16)18-17(9-11(2)3)30-20(23)24-18/h5-8,10-11,15H,4,9H2,1-3H3,(H2,23,24)(H,25,26). The van der Waals surface area contributed by atoms with Crippen molar-refractivity contribution < 1.29 is 22.8 Å². The second-order valence-corrected chi connectivity index (χ2v) is 11.0. The van der Waals surface area contributed by atoms with E-state index >= 15 is 0 Å². The van der Waals surface area contributed by atoms with E-state index in [1.165, 1.54) is 35.8 Å². The predicted molar refractivity (Wildman–Crippen MR) is 120 cm³/mol. The molecule has 3 aromatic rings. The molecule has 0 spiro atoms. The van der Waals surface area contributed by atoms with E-state index in [0.29, 0.717) is 35.1 Å². The summed E-state index contributed by atoms with van der Waals surface area (Å²) in [6, 6.07) is 5.78. The van der Waals surface area contributed by atoms with Crippen molar-refractivity contribution in [1.82, 2.24) is 4.98 Å². The zero-order chi connectivity index (χ0) is 22.1. The first-order valence-corrected chi connectivity index (χ1v) is 12.6. The van der Waals surface area contributed by atoms with Crippen molar-refractivity contribution in [3.8, 4) is 11.5 Å². The molecule has 2 unspecified atom stereocenters. The summed E-state index contributed by atoms with van der Waals surface area (Å²) in [5.74, 6) is 0.108. The maximum Gasteiger partial charge on any atom is 0.363 e. The van der Waals surface area contributed by atoms with Gasteiger partial charge in [0.2, 0.25) is 0 Å². The number of benzene rings is 1. The average molecular weight is 517 g/mol. The molecule has 0 aliphatic rings. The van der Waals surface area contributed by atoms with E-state index in [-0.39, 0.29) is 15.5 Å². The Labute approximate surface area is 186 Å². The maximum absolute atomic E-state index is 13.6. The fraction of sp³-hybridized carbons (Fsp3) is 0.350. The quantitative estimate of drug-likeness (QED) is 0.353. The van der Waals surface area contributed by atoms with Crippen LogP contribution in [0.15, 0.2) is 39.4 Å². The summed E-state index contributed by atoms with van der Waals surface area (Å²) in [6.45, 7) is 5.95. The van der Waals surface area contributed by atoms with Gasteiger partial charge < -0.3 is 15.0 Å². The normalized spacial score (nSPS) is 14.8. The molecule has 2 atom stereocenters. The number of rotatable bonds is 8. The molecule has 10 heteroatoms. The van der Waals surface area contributed by atoms with Gasteiger partial charge in [0.05, 0.1) is 16.8 Å². The Morgan fingerprint density at radius 3 is 2.77 bits per heavy atom. The predicted octanol–water partition coefficient (Wildman–Crippen LogP) is 6.06. The Bertz CT molecular complexity index is 1080. The lowest BCUT2D eigenvalue weighted by molar-refractivity contribution is 0.178. The second kappa shape index (κ2) is 9.32. The van der Waals surface area contributed by atoms with Crippen LogP contribution in [0.25, 0.3) is 11.5 Å². The molecule has 0 saturated carbocycles. The van der Waals surface area contributed by atoms with Crippen LogP contribution in [0.5, 0.6) is 0 Å². The molecule has 3 N–H and O–H groups in total. The van der Waals surface area contributed by atoms with Crippen LogP contribution >= 0.6 is 34.9 Å². The summed E-state index contributed by atoms with van der Waals surface area (Å²) < 4.78 is 38.3. The molecule has 0 aliphatic heterocycles. The van der Waals surface area contributed by atoms with Crippen molar-refractivity contribution in [3.63, 3.8) is 0 Å². The van der Waals surface area contributed by atoms with Crippen LogP contribution in [-0.2, 0) is 15.5 Å². The third-order valence-corrected chi connectivity index (χ3v) is 7.44. The molecule has 2 aromatic heterocycles. The fourth-order valence-electron chi connectivity index (χ4n) is 3.07. The van der Waals surface area contributed by atoms with Gasteiger partial charge in [-0.2, -0.15) is 0 Å². The van der Waals surface area contributed by atoms with E-state index in [1.807, 2.05) is 6.92 Å². The Balaban J connectivity index is 1.96. The van der Waals surface area contributed by atoms with E-state index in [9.17, 15) is 13.8 Å².